The molecule has 0 bridgehead atoms. The number of ether oxygens (including phenoxy) is 2. The molecule has 5 heteroatoms. The second-order valence-electron chi connectivity index (χ2n) is 5.61. The quantitative estimate of drug-likeness (QED) is 0.784. The van der Waals surface area contributed by atoms with Gasteiger partial charge in [0, 0.05) is 12.1 Å². The molecule has 0 unspecified atom stereocenters. The van der Waals surface area contributed by atoms with Crippen molar-refractivity contribution in [2.24, 2.45) is 5.10 Å². The summed E-state index contributed by atoms with van der Waals surface area (Å²) in [4.78, 5) is 0. The van der Waals surface area contributed by atoms with E-state index >= 15 is 0 Å². The molecule has 1 aromatic rings. The molecular weight excluding hydrogens is 278 g/mol. The molecule has 1 heterocycles. The molecule has 0 saturated carbocycles. The average molecular weight is 301 g/mol. The van der Waals surface area contributed by atoms with Gasteiger partial charge in [0.05, 0.1) is 13.3 Å². The van der Waals surface area contributed by atoms with Crippen molar-refractivity contribution in [2.75, 3.05) is 13.7 Å². The van der Waals surface area contributed by atoms with E-state index in [1.807, 2.05) is 24.4 Å². The lowest BCUT2D eigenvalue weighted by Gasteiger charge is -2.36. The van der Waals surface area contributed by atoms with Crippen LogP contribution < -0.4 is 9.47 Å². The van der Waals surface area contributed by atoms with Gasteiger partial charge in [-0.05, 0) is 56.9 Å². The van der Waals surface area contributed by atoms with Gasteiger partial charge in [-0.2, -0.15) is 10.4 Å². The Hall–Kier alpha value is -2.22. The molecule has 22 heavy (non-hydrogen) atoms. The summed E-state index contributed by atoms with van der Waals surface area (Å²) in [6.07, 6.45) is 5.50. The molecule has 0 radical (unpaired) electrons. The molecule has 0 spiro atoms. The van der Waals surface area contributed by atoms with Crippen molar-refractivity contribution in [1.82, 2.24) is 5.01 Å². The minimum Gasteiger partial charge on any atom is -0.493 e. The highest BCUT2D eigenvalue weighted by molar-refractivity contribution is 5.80. The normalized spacial score (nSPS) is 21.6. The molecule has 5 nitrogen and oxygen atoms in total. The number of hydrazone groups is 1. The fourth-order valence-corrected chi connectivity index (χ4v) is 2.76. The van der Waals surface area contributed by atoms with Crippen LogP contribution in [0.15, 0.2) is 23.3 Å². The highest BCUT2D eigenvalue weighted by atomic mass is 16.5. The van der Waals surface area contributed by atoms with Gasteiger partial charge in [-0.3, -0.25) is 5.01 Å². The van der Waals surface area contributed by atoms with Crippen molar-refractivity contribution >= 4 is 6.21 Å². The predicted octanol–water partition coefficient (Wildman–Crippen LogP) is 3.19. The van der Waals surface area contributed by atoms with Crippen LogP contribution in [-0.2, 0) is 0 Å². The lowest BCUT2D eigenvalue weighted by Crippen LogP contribution is -2.39. The van der Waals surface area contributed by atoms with E-state index in [2.05, 4.69) is 24.0 Å². The second kappa shape index (κ2) is 7.69. The van der Waals surface area contributed by atoms with E-state index in [9.17, 15) is 0 Å². The Labute approximate surface area is 132 Å². The maximum atomic E-state index is 8.58. The lowest BCUT2D eigenvalue weighted by molar-refractivity contribution is 0.109. The van der Waals surface area contributed by atoms with Crippen LogP contribution in [0, 0.1) is 11.3 Å². The van der Waals surface area contributed by atoms with Gasteiger partial charge < -0.3 is 9.47 Å². The Kier molecular flexibility index (Phi) is 5.65. The number of benzene rings is 1. The zero-order valence-electron chi connectivity index (χ0n) is 13.5. The maximum Gasteiger partial charge on any atom is 0.174 e. The monoisotopic (exact) mass is 301 g/mol. The lowest BCUT2D eigenvalue weighted by atomic mass is 10.00. The minimum atomic E-state index is 0.00655. The zero-order valence-corrected chi connectivity index (χ0v) is 13.5. The Morgan fingerprint density at radius 1 is 1.32 bits per heavy atom. The van der Waals surface area contributed by atoms with Crippen molar-refractivity contribution in [1.29, 1.82) is 5.26 Å². The van der Waals surface area contributed by atoms with E-state index in [-0.39, 0.29) is 6.61 Å². The average Bonchev–Trinajstić information content (AvgIpc) is 2.52. The smallest absolute Gasteiger partial charge is 0.174 e. The van der Waals surface area contributed by atoms with E-state index in [0.717, 1.165) is 5.56 Å². The van der Waals surface area contributed by atoms with Crippen molar-refractivity contribution < 1.29 is 9.47 Å². The van der Waals surface area contributed by atoms with Crippen LogP contribution in [0.1, 0.15) is 38.7 Å². The molecule has 0 aromatic heterocycles. The van der Waals surface area contributed by atoms with Gasteiger partial charge in [-0.15, -0.1) is 0 Å². The Morgan fingerprint density at radius 3 is 2.68 bits per heavy atom. The van der Waals surface area contributed by atoms with E-state index < -0.39 is 0 Å². The van der Waals surface area contributed by atoms with Gasteiger partial charge in [0.15, 0.2) is 18.1 Å². The molecule has 1 fully saturated rings. The predicted molar refractivity (Wildman–Crippen MR) is 86.3 cm³/mol. The van der Waals surface area contributed by atoms with Crippen LogP contribution in [-0.4, -0.2) is 37.0 Å². The van der Waals surface area contributed by atoms with E-state index in [1.165, 1.54) is 19.3 Å². The van der Waals surface area contributed by atoms with Gasteiger partial charge in [0.1, 0.15) is 6.07 Å². The first-order valence-corrected chi connectivity index (χ1v) is 7.65. The second-order valence-corrected chi connectivity index (χ2v) is 5.61. The van der Waals surface area contributed by atoms with E-state index in [4.69, 9.17) is 14.7 Å². The van der Waals surface area contributed by atoms with Crippen LogP contribution in [0.4, 0.5) is 0 Å². The van der Waals surface area contributed by atoms with Crippen molar-refractivity contribution in [2.45, 2.75) is 45.2 Å². The molecule has 1 aromatic carbocycles. The molecule has 0 aliphatic carbocycles. The van der Waals surface area contributed by atoms with Crippen LogP contribution in [0.5, 0.6) is 11.5 Å². The summed E-state index contributed by atoms with van der Waals surface area (Å²) in [6, 6.07) is 8.49. The van der Waals surface area contributed by atoms with Gasteiger partial charge in [-0.1, -0.05) is 0 Å². The first-order chi connectivity index (χ1) is 10.7. The van der Waals surface area contributed by atoms with E-state index in [1.54, 1.807) is 13.2 Å². The topological polar surface area (TPSA) is 57.9 Å². The highest BCUT2D eigenvalue weighted by Gasteiger charge is 2.22. The zero-order chi connectivity index (χ0) is 15.9. The molecule has 0 amide bonds. The van der Waals surface area contributed by atoms with Gasteiger partial charge >= 0.3 is 0 Å². The van der Waals surface area contributed by atoms with Crippen LogP contribution in [0.25, 0.3) is 0 Å². The molecule has 1 aliphatic heterocycles. The molecule has 1 saturated heterocycles. The summed E-state index contributed by atoms with van der Waals surface area (Å²) in [5.41, 5.74) is 0.950. The molecule has 1 aliphatic rings. The third kappa shape index (κ3) is 3.91. The Balaban J connectivity index is 2.12. The number of piperidine rings is 1. The van der Waals surface area contributed by atoms with E-state index in [0.29, 0.717) is 23.6 Å². The maximum absolute atomic E-state index is 8.58. The molecule has 118 valence electrons. The molecule has 2 atom stereocenters. The number of methoxy groups -OCH3 is 1. The third-order valence-electron chi connectivity index (χ3n) is 3.97. The third-order valence-corrected chi connectivity index (χ3v) is 3.97. The number of rotatable bonds is 5. The first-order valence-electron chi connectivity index (χ1n) is 7.65. The Bertz CT molecular complexity index is 556. The molecule has 0 N–H and O–H groups in total. The number of hydrogen-bond donors (Lipinski definition) is 0. The van der Waals surface area contributed by atoms with Crippen molar-refractivity contribution in [3.05, 3.63) is 23.8 Å². The Morgan fingerprint density at radius 2 is 2.05 bits per heavy atom. The standard InChI is InChI=1S/C17H23N3O2/c1-13-5-4-6-14(2)20(13)19-12-15-7-8-16(22-10-9-18)17(11-15)21-3/h7-8,11-14H,4-6,10H2,1-3H3/b19-12-/t13-,14-/m1/s1. The summed E-state index contributed by atoms with van der Waals surface area (Å²) >= 11 is 0. The van der Waals surface area contributed by atoms with Crippen molar-refractivity contribution in [3.63, 3.8) is 0 Å². The summed E-state index contributed by atoms with van der Waals surface area (Å²) in [6.45, 7) is 4.44. The SMILES string of the molecule is COc1cc(/C=N\N2[C@H](C)CCC[C@H]2C)ccc1OCC#N. The molecular formula is C17H23N3O2. The van der Waals surface area contributed by atoms with Crippen LogP contribution in [0.3, 0.4) is 0 Å². The van der Waals surface area contributed by atoms with Crippen LogP contribution >= 0.6 is 0 Å². The van der Waals surface area contributed by atoms with Gasteiger partial charge in [0.2, 0.25) is 0 Å². The highest BCUT2D eigenvalue weighted by Crippen LogP contribution is 2.28. The molecule has 2 rings (SSSR count). The number of hydrogen-bond acceptors (Lipinski definition) is 5. The van der Waals surface area contributed by atoms with Gasteiger partial charge in [-0.25, -0.2) is 0 Å². The first kappa shape index (κ1) is 16.2. The summed E-state index contributed by atoms with van der Waals surface area (Å²) in [7, 11) is 1.59. The fraction of sp³-hybridized carbons (Fsp3) is 0.529. The number of nitrogens with zero attached hydrogens (tertiary/aromatic N) is 3. The van der Waals surface area contributed by atoms with Gasteiger partial charge in [0.25, 0.3) is 0 Å². The summed E-state index contributed by atoms with van der Waals surface area (Å²) < 4.78 is 10.6. The summed E-state index contributed by atoms with van der Waals surface area (Å²) in [5.74, 6) is 1.18. The summed E-state index contributed by atoms with van der Waals surface area (Å²) in [5, 5.41) is 15.4. The largest absolute Gasteiger partial charge is 0.493 e. The minimum absolute atomic E-state index is 0.00655. The number of nitriles is 1. The van der Waals surface area contributed by atoms with Crippen molar-refractivity contribution in [3.8, 4) is 17.6 Å². The fourth-order valence-electron chi connectivity index (χ4n) is 2.76. The van der Waals surface area contributed by atoms with Crippen LogP contribution in [0.2, 0.25) is 0 Å².